The Bertz CT molecular complexity index is 952. The fourth-order valence-corrected chi connectivity index (χ4v) is 3.44. The average Bonchev–Trinajstić information content (AvgIpc) is 2.94. The number of ketones is 2. The van der Waals surface area contributed by atoms with Crippen molar-refractivity contribution in [3.05, 3.63) is 45.7 Å². The zero-order valence-corrected chi connectivity index (χ0v) is 18.2. The summed E-state index contributed by atoms with van der Waals surface area (Å²) in [4.78, 5) is 41.9. The Morgan fingerprint density at radius 3 is 2.48 bits per heavy atom. The maximum atomic E-state index is 12.9. The van der Waals surface area contributed by atoms with Crippen molar-refractivity contribution in [3.63, 3.8) is 0 Å². The van der Waals surface area contributed by atoms with Gasteiger partial charge in [0.25, 0.3) is 0 Å². The highest BCUT2D eigenvalue weighted by molar-refractivity contribution is 6.31. The molecule has 2 aromatic rings. The summed E-state index contributed by atoms with van der Waals surface area (Å²) in [6.45, 7) is 6.69. The molecule has 0 aliphatic heterocycles. The summed E-state index contributed by atoms with van der Waals surface area (Å²) in [5.74, 6) is -0.0970. The molecule has 0 radical (unpaired) electrons. The first-order chi connectivity index (χ1) is 13.6. The number of carbonyl (C=O) groups excluding carboxylic acids is 3. The Labute approximate surface area is 175 Å². The smallest absolute Gasteiger partial charge is 0.238 e. The summed E-state index contributed by atoms with van der Waals surface area (Å²) < 4.78 is 5.22. The molecule has 0 unspecified atom stereocenters. The number of benzene rings is 1. The average molecular weight is 420 g/mol. The van der Waals surface area contributed by atoms with E-state index in [1.807, 2.05) is 0 Å². The lowest BCUT2D eigenvalue weighted by Crippen LogP contribution is -2.41. The van der Waals surface area contributed by atoms with Gasteiger partial charge in [0.1, 0.15) is 5.75 Å². The number of aromatic nitrogens is 1. The van der Waals surface area contributed by atoms with E-state index in [1.165, 1.54) is 14.0 Å². The van der Waals surface area contributed by atoms with Crippen LogP contribution in [0.2, 0.25) is 5.02 Å². The SMILES string of the molecule is COc1ccc(Cl)cc1NC(=O)CN(C)[C@H](C)C(=O)c1[nH]c(C)c(C(C)=O)c1C. The van der Waals surface area contributed by atoms with E-state index in [-0.39, 0.29) is 24.0 Å². The molecular formula is C21H26ClN3O4. The molecule has 7 nitrogen and oxygen atoms in total. The summed E-state index contributed by atoms with van der Waals surface area (Å²) in [7, 11) is 3.19. The highest BCUT2D eigenvalue weighted by Gasteiger charge is 2.27. The Morgan fingerprint density at radius 1 is 1.28 bits per heavy atom. The monoisotopic (exact) mass is 419 g/mol. The fraction of sp³-hybridized carbons (Fsp3) is 0.381. The van der Waals surface area contributed by atoms with Gasteiger partial charge in [-0.2, -0.15) is 0 Å². The number of nitrogens with zero attached hydrogens (tertiary/aromatic N) is 1. The number of rotatable bonds is 8. The predicted molar refractivity (Wildman–Crippen MR) is 113 cm³/mol. The van der Waals surface area contributed by atoms with Crippen molar-refractivity contribution < 1.29 is 19.1 Å². The number of aromatic amines is 1. The van der Waals surface area contributed by atoms with Gasteiger partial charge in [-0.05, 0) is 58.5 Å². The van der Waals surface area contributed by atoms with Crippen LogP contribution in [0.1, 0.15) is 46.0 Å². The molecule has 29 heavy (non-hydrogen) atoms. The highest BCUT2D eigenvalue weighted by atomic mass is 35.5. The minimum Gasteiger partial charge on any atom is -0.495 e. The van der Waals surface area contributed by atoms with Crippen LogP contribution in [-0.2, 0) is 4.79 Å². The number of hydrogen-bond donors (Lipinski definition) is 2. The van der Waals surface area contributed by atoms with Crippen molar-refractivity contribution in [3.8, 4) is 5.75 Å². The Kier molecular flexibility index (Phi) is 7.21. The number of Topliss-reactive ketones (excluding diaryl/α,β-unsaturated/α-hetero) is 2. The first-order valence-electron chi connectivity index (χ1n) is 9.14. The van der Waals surface area contributed by atoms with Crippen LogP contribution in [0.5, 0.6) is 5.75 Å². The molecule has 1 aromatic heterocycles. The molecule has 0 aliphatic carbocycles. The normalized spacial score (nSPS) is 12.0. The van der Waals surface area contributed by atoms with E-state index in [2.05, 4.69) is 10.3 Å². The number of aryl methyl sites for hydroxylation is 1. The van der Waals surface area contributed by atoms with E-state index >= 15 is 0 Å². The molecule has 2 N–H and O–H groups in total. The molecule has 0 fully saturated rings. The number of likely N-dealkylation sites (N-methyl/N-ethyl adjacent to an activating group) is 1. The van der Waals surface area contributed by atoms with Crippen LogP contribution in [0, 0.1) is 13.8 Å². The first-order valence-corrected chi connectivity index (χ1v) is 9.52. The zero-order chi connectivity index (χ0) is 21.9. The first kappa shape index (κ1) is 22.6. The lowest BCUT2D eigenvalue weighted by Gasteiger charge is -2.23. The Hall–Kier alpha value is -2.64. The van der Waals surface area contributed by atoms with Gasteiger partial charge < -0.3 is 15.0 Å². The highest BCUT2D eigenvalue weighted by Crippen LogP contribution is 2.27. The Balaban J connectivity index is 2.11. The number of ether oxygens (including phenoxy) is 1. The summed E-state index contributed by atoms with van der Waals surface area (Å²) >= 11 is 5.99. The van der Waals surface area contributed by atoms with Gasteiger partial charge in [0.05, 0.1) is 31.1 Å². The number of nitrogens with one attached hydrogen (secondary N) is 2. The van der Waals surface area contributed by atoms with E-state index in [0.29, 0.717) is 39.0 Å². The summed E-state index contributed by atoms with van der Waals surface area (Å²) in [6.07, 6.45) is 0. The number of methoxy groups -OCH3 is 1. The van der Waals surface area contributed by atoms with E-state index in [9.17, 15) is 14.4 Å². The maximum Gasteiger partial charge on any atom is 0.238 e. The van der Waals surface area contributed by atoms with Crippen LogP contribution in [0.15, 0.2) is 18.2 Å². The summed E-state index contributed by atoms with van der Waals surface area (Å²) in [5, 5.41) is 3.22. The van der Waals surface area contributed by atoms with Crippen LogP contribution in [0.4, 0.5) is 5.69 Å². The van der Waals surface area contributed by atoms with E-state index in [1.54, 1.807) is 50.9 Å². The van der Waals surface area contributed by atoms with Crippen molar-refractivity contribution >= 4 is 34.8 Å². The fourth-order valence-electron chi connectivity index (χ4n) is 3.26. The topological polar surface area (TPSA) is 91.5 Å². The summed E-state index contributed by atoms with van der Waals surface area (Å²) in [5.41, 5.74) is 2.68. The number of hydrogen-bond acceptors (Lipinski definition) is 5. The molecule has 0 saturated heterocycles. The third-order valence-electron chi connectivity index (χ3n) is 4.91. The molecule has 1 amide bonds. The van der Waals surface area contributed by atoms with Crippen molar-refractivity contribution in [1.82, 2.24) is 9.88 Å². The molecule has 0 spiro atoms. The van der Waals surface area contributed by atoms with Crippen molar-refractivity contribution in [2.75, 3.05) is 26.0 Å². The molecular weight excluding hydrogens is 394 g/mol. The van der Waals surface area contributed by atoms with E-state index in [0.717, 1.165) is 0 Å². The van der Waals surface area contributed by atoms with Crippen LogP contribution < -0.4 is 10.1 Å². The molecule has 156 valence electrons. The van der Waals surface area contributed by atoms with Gasteiger partial charge in [-0.1, -0.05) is 11.6 Å². The Morgan fingerprint density at radius 2 is 1.93 bits per heavy atom. The maximum absolute atomic E-state index is 12.9. The largest absolute Gasteiger partial charge is 0.495 e. The van der Waals surface area contributed by atoms with Gasteiger partial charge in [-0.15, -0.1) is 0 Å². The number of halogens is 1. The molecule has 1 heterocycles. The second kappa shape index (κ2) is 9.24. The van der Waals surface area contributed by atoms with Crippen LogP contribution >= 0.6 is 11.6 Å². The number of carbonyl (C=O) groups is 3. The zero-order valence-electron chi connectivity index (χ0n) is 17.5. The second-order valence-electron chi connectivity index (χ2n) is 7.03. The number of H-pyrrole nitrogens is 1. The van der Waals surface area contributed by atoms with E-state index in [4.69, 9.17) is 16.3 Å². The van der Waals surface area contributed by atoms with Gasteiger partial charge in [0.15, 0.2) is 11.6 Å². The quantitative estimate of drug-likeness (QED) is 0.637. The van der Waals surface area contributed by atoms with Crippen molar-refractivity contribution in [2.45, 2.75) is 33.7 Å². The standard InChI is InChI=1S/C21H26ClN3O4/c1-11-19(14(4)26)12(2)23-20(11)21(28)13(3)25(5)10-18(27)24-16-9-15(22)7-8-17(16)29-6/h7-9,13,23H,10H2,1-6H3,(H,24,27)/t13-/m1/s1. The third-order valence-corrected chi connectivity index (χ3v) is 5.14. The minimum absolute atomic E-state index is 0.0130. The molecule has 0 saturated carbocycles. The molecule has 8 heteroatoms. The van der Waals surface area contributed by atoms with Crippen LogP contribution in [-0.4, -0.2) is 54.1 Å². The molecule has 2 rings (SSSR count). The van der Waals surface area contributed by atoms with Gasteiger partial charge in [-0.25, -0.2) is 0 Å². The van der Waals surface area contributed by atoms with Crippen molar-refractivity contribution in [1.29, 1.82) is 0 Å². The third kappa shape index (κ3) is 5.05. The van der Waals surface area contributed by atoms with Gasteiger partial charge in [-0.3, -0.25) is 19.3 Å². The van der Waals surface area contributed by atoms with Gasteiger partial charge in [0.2, 0.25) is 5.91 Å². The van der Waals surface area contributed by atoms with Crippen molar-refractivity contribution in [2.24, 2.45) is 0 Å². The van der Waals surface area contributed by atoms with Crippen LogP contribution in [0.25, 0.3) is 0 Å². The predicted octanol–water partition coefficient (Wildman–Crippen LogP) is 3.64. The lowest BCUT2D eigenvalue weighted by atomic mass is 10.0. The number of anilines is 1. The molecule has 1 aromatic carbocycles. The lowest BCUT2D eigenvalue weighted by molar-refractivity contribution is -0.117. The number of amides is 1. The summed E-state index contributed by atoms with van der Waals surface area (Å²) in [6, 6.07) is 4.36. The van der Waals surface area contributed by atoms with Gasteiger partial charge in [0, 0.05) is 16.3 Å². The molecule has 1 atom stereocenters. The minimum atomic E-state index is -0.571. The van der Waals surface area contributed by atoms with E-state index < -0.39 is 6.04 Å². The second-order valence-corrected chi connectivity index (χ2v) is 7.47. The van der Waals surface area contributed by atoms with Gasteiger partial charge >= 0.3 is 0 Å². The van der Waals surface area contributed by atoms with Crippen LogP contribution in [0.3, 0.4) is 0 Å². The molecule has 0 bridgehead atoms. The molecule has 0 aliphatic rings.